The average molecular weight is 147 g/mol. The molecule has 5 nitrogen and oxygen atoms in total. The Morgan fingerprint density at radius 3 is 2.70 bits per heavy atom. The molecule has 1 atom stereocenters. The van der Waals surface area contributed by atoms with Crippen LogP contribution in [0.3, 0.4) is 0 Å². The van der Waals surface area contributed by atoms with Gasteiger partial charge in [0.15, 0.2) is 0 Å². The van der Waals surface area contributed by atoms with Crippen LogP contribution in [0.25, 0.3) is 0 Å². The van der Waals surface area contributed by atoms with Gasteiger partial charge < -0.3 is 20.3 Å². The van der Waals surface area contributed by atoms with Crippen LogP contribution in [0.15, 0.2) is 0 Å². The summed E-state index contributed by atoms with van der Waals surface area (Å²) in [6.07, 6.45) is -0.770. The summed E-state index contributed by atoms with van der Waals surface area (Å²) >= 11 is 0. The first-order chi connectivity index (χ1) is 4.66. The van der Waals surface area contributed by atoms with Crippen molar-refractivity contribution in [3.8, 4) is 0 Å². The summed E-state index contributed by atoms with van der Waals surface area (Å²) in [5.74, 6) is -1.02. The number of nitrogens with one attached hydrogen (secondary N) is 1. The second-order valence-electron chi connectivity index (χ2n) is 1.73. The maximum atomic E-state index is 9.84. The number of hydrogen-bond acceptors (Lipinski definition) is 4. The zero-order valence-electron chi connectivity index (χ0n) is 5.28. The number of carbonyl (C=O) groups excluding carboxylic acids is 1. The molecule has 0 rings (SSSR count). The molecule has 0 saturated carbocycles. The van der Waals surface area contributed by atoms with Crippen LogP contribution < -0.4 is 5.32 Å². The van der Waals surface area contributed by atoms with Gasteiger partial charge in [-0.3, -0.25) is 4.79 Å². The second kappa shape index (κ2) is 4.89. The Labute approximate surface area is 57.7 Å². The van der Waals surface area contributed by atoms with Crippen molar-refractivity contribution in [3.63, 3.8) is 0 Å². The third-order valence-corrected chi connectivity index (χ3v) is 0.787. The van der Waals surface area contributed by atoms with Crippen molar-refractivity contribution < 1.29 is 19.8 Å². The zero-order valence-corrected chi connectivity index (χ0v) is 5.28. The van der Waals surface area contributed by atoms with Crippen molar-refractivity contribution >= 4 is 12.3 Å². The summed E-state index contributed by atoms with van der Waals surface area (Å²) < 4.78 is 0. The van der Waals surface area contributed by atoms with E-state index in [-0.39, 0.29) is 13.1 Å². The summed E-state index contributed by atoms with van der Waals surface area (Å²) in [6.45, 7) is -0.263. The number of aliphatic hydroxyl groups is 1. The smallest absolute Gasteiger partial charge is 0.317 e. The number of carboxylic acids is 1. The first-order valence-corrected chi connectivity index (χ1v) is 2.72. The van der Waals surface area contributed by atoms with E-state index in [9.17, 15) is 9.59 Å². The molecule has 3 N–H and O–H groups in total. The van der Waals surface area contributed by atoms with E-state index in [1.807, 2.05) is 0 Å². The molecule has 0 aromatic rings. The molecule has 0 saturated heterocycles. The van der Waals surface area contributed by atoms with Gasteiger partial charge in [0.2, 0.25) is 0 Å². The highest BCUT2D eigenvalue weighted by Crippen LogP contribution is 1.70. The van der Waals surface area contributed by atoms with E-state index in [4.69, 9.17) is 10.2 Å². The van der Waals surface area contributed by atoms with E-state index in [1.54, 1.807) is 0 Å². The molecule has 0 fully saturated rings. The van der Waals surface area contributed by atoms with Crippen LogP contribution >= 0.6 is 0 Å². The molecular weight excluding hydrogens is 138 g/mol. The van der Waals surface area contributed by atoms with E-state index in [0.29, 0.717) is 6.29 Å². The van der Waals surface area contributed by atoms with Crippen molar-refractivity contribution in [2.24, 2.45) is 0 Å². The van der Waals surface area contributed by atoms with Crippen LogP contribution in [0.5, 0.6) is 0 Å². The lowest BCUT2D eigenvalue weighted by Crippen LogP contribution is -2.31. The highest BCUT2D eigenvalue weighted by Gasteiger charge is 2.01. The minimum atomic E-state index is -1.11. The third-order valence-electron chi connectivity index (χ3n) is 0.787. The summed E-state index contributed by atoms with van der Waals surface area (Å²) in [7, 11) is 0. The van der Waals surface area contributed by atoms with E-state index >= 15 is 0 Å². The fourth-order valence-electron chi connectivity index (χ4n) is 0.375. The quantitative estimate of drug-likeness (QED) is 0.400. The molecule has 0 aromatic carbocycles. The van der Waals surface area contributed by atoms with Crippen LogP contribution in [0.1, 0.15) is 0 Å². The van der Waals surface area contributed by atoms with E-state index in [0.717, 1.165) is 0 Å². The Morgan fingerprint density at radius 2 is 2.30 bits per heavy atom. The SMILES string of the molecule is O=CC(O)CNCC(=O)O. The van der Waals surface area contributed by atoms with E-state index in [1.165, 1.54) is 0 Å². The maximum Gasteiger partial charge on any atom is 0.317 e. The summed E-state index contributed by atoms with van der Waals surface area (Å²) in [5, 5.41) is 19.0. The van der Waals surface area contributed by atoms with Crippen molar-refractivity contribution in [1.29, 1.82) is 0 Å². The Bertz CT molecular complexity index is 125. The zero-order chi connectivity index (χ0) is 7.98. The van der Waals surface area contributed by atoms with Gasteiger partial charge in [-0.25, -0.2) is 0 Å². The summed E-state index contributed by atoms with van der Waals surface area (Å²) in [4.78, 5) is 19.6. The molecule has 58 valence electrons. The monoisotopic (exact) mass is 147 g/mol. The van der Waals surface area contributed by atoms with Gasteiger partial charge in [0.25, 0.3) is 0 Å². The fraction of sp³-hybridized carbons (Fsp3) is 0.600. The molecule has 0 heterocycles. The Hall–Kier alpha value is -0.940. The van der Waals surface area contributed by atoms with Gasteiger partial charge in [0.05, 0.1) is 6.54 Å². The van der Waals surface area contributed by atoms with Gasteiger partial charge in [-0.05, 0) is 0 Å². The molecule has 1 unspecified atom stereocenters. The van der Waals surface area contributed by atoms with Gasteiger partial charge in [-0.15, -0.1) is 0 Å². The standard InChI is InChI=1S/C5H9NO4/c7-3-4(8)1-6-2-5(9)10/h3-4,6,8H,1-2H2,(H,9,10). The molecule has 0 bridgehead atoms. The lowest BCUT2D eigenvalue weighted by Gasteiger charge is -2.01. The molecular formula is C5H9NO4. The number of carbonyl (C=O) groups is 2. The molecule has 0 aliphatic rings. The predicted octanol–water partition coefficient (Wildman–Crippen LogP) is -1.78. The lowest BCUT2D eigenvalue weighted by atomic mass is 10.4. The Balaban J connectivity index is 3.19. The number of aliphatic carboxylic acids is 1. The lowest BCUT2D eigenvalue weighted by molar-refractivity contribution is -0.136. The number of aliphatic hydroxyl groups excluding tert-OH is 1. The highest BCUT2D eigenvalue weighted by atomic mass is 16.4. The first-order valence-electron chi connectivity index (χ1n) is 2.72. The van der Waals surface area contributed by atoms with Gasteiger partial charge in [0.1, 0.15) is 12.4 Å². The Morgan fingerprint density at radius 1 is 1.70 bits per heavy atom. The molecule has 5 heteroatoms. The average Bonchev–Trinajstić information content (AvgIpc) is 1.87. The largest absolute Gasteiger partial charge is 0.480 e. The predicted molar refractivity (Wildman–Crippen MR) is 32.6 cm³/mol. The summed E-state index contributed by atoms with van der Waals surface area (Å²) in [6, 6.07) is 0. The van der Waals surface area contributed by atoms with Crippen LogP contribution in [-0.2, 0) is 9.59 Å². The second-order valence-corrected chi connectivity index (χ2v) is 1.73. The molecule has 0 aromatic heterocycles. The van der Waals surface area contributed by atoms with Crippen molar-refractivity contribution in [3.05, 3.63) is 0 Å². The van der Waals surface area contributed by atoms with Gasteiger partial charge in [0, 0.05) is 6.54 Å². The molecule has 0 amide bonds. The van der Waals surface area contributed by atoms with Crippen LogP contribution in [0.2, 0.25) is 0 Å². The molecule has 10 heavy (non-hydrogen) atoms. The van der Waals surface area contributed by atoms with Crippen molar-refractivity contribution in [2.45, 2.75) is 6.10 Å². The van der Waals surface area contributed by atoms with Crippen molar-refractivity contribution in [2.75, 3.05) is 13.1 Å². The van der Waals surface area contributed by atoms with Gasteiger partial charge in [-0.2, -0.15) is 0 Å². The molecule has 0 spiro atoms. The van der Waals surface area contributed by atoms with Gasteiger partial charge in [-0.1, -0.05) is 0 Å². The van der Waals surface area contributed by atoms with E-state index in [2.05, 4.69) is 5.32 Å². The van der Waals surface area contributed by atoms with E-state index < -0.39 is 12.1 Å². The number of carboxylic acid groups (broad SMARTS) is 1. The van der Waals surface area contributed by atoms with Crippen molar-refractivity contribution in [1.82, 2.24) is 5.32 Å². The third kappa shape index (κ3) is 5.20. The normalized spacial score (nSPS) is 12.5. The number of aldehydes is 1. The fourth-order valence-corrected chi connectivity index (χ4v) is 0.375. The molecule has 0 aliphatic carbocycles. The number of rotatable bonds is 5. The highest BCUT2D eigenvalue weighted by molar-refractivity contribution is 5.69. The topological polar surface area (TPSA) is 86.6 Å². The van der Waals surface area contributed by atoms with Crippen LogP contribution in [-0.4, -0.2) is 41.7 Å². The molecule has 0 radical (unpaired) electrons. The minimum absolute atomic E-state index is 0.0181. The Kier molecular flexibility index (Phi) is 4.43. The van der Waals surface area contributed by atoms with Crippen LogP contribution in [0.4, 0.5) is 0 Å². The summed E-state index contributed by atoms with van der Waals surface area (Å²) in [5.41, 5.74) is 0. The first kappa shape index (κ1) is 9.06. The van der Waals surface area contributed by atoms with Gasteiger partial charge >= 0.3 is 5.97 Å². The molecule has 0 aliphatic heterocycles. The maximum absolute atomic E-state index is 9.84. The van der Waals surface area contributed by atoms with Crippen LogP contribution in [0, 0.1) is 0 Å². The minimum Gasteiger partial charge on any atom is -0.480 e. The number of hydrogen-bond donors (Lipinski definition) is 3.